The molecule has 0 bridgehead atoms. The van der Waals surface area contributed by atoms with E-state index in [1.807, 2.05) is 49.4 Å². The Morgan fingerprint density at radius 3 is 2.22 bits per heavy atom. The fourth-order valence-electron chi connectivity index (χ4n) is 3.38. The summed E-state index contributed by atoms with van der Waals surface area (Å²) < 4.78 is 0. The van der Waals surface area contributed by atoms with Crippen molar-refractivity contribution in [2.24, 2.45) is 5.92 Å². The second-order valence-corrected chi connectivity index (χ2v) is 7.95. The van der Waals surface area contributed by atoms with E-state index in [1.54, 1.807) is 0 Å². The number of rotatable bonds is 6. The van der Waals surface area contributed by atoms with Gasteiger partial charge in [-0.15, -0.1) is 0 Å². The van der Waals surface area contributed by atoms with Crippen LogP contribution >= 0.6 is 0 Å². The highest BCUT2D eigenvalue weighted by molar-refractivity contribution is 5.97. The summed E-state index contributed by atoms with van der Waals surface area (Å²) in [5.41, 5.74) is 4.50. The van der Waals surface area contributed by atoms with Gasteiger partial charge in [-0.05, 0) is 86.4 Å². The van der Waals surface area contributed by atoms with Crippen LogP contribution in [0, 0.1) is 12.8 Å². The van der Waals surface area contributed by atoms with Crippen molar-refractivity contribution >= 4 is 11.8 Å². The average molecular weight is 362 g/mol. The Morgan fingerprint density at radius 2 is 1.59 bits per heavy atom. The lowest BCUT2D eigenvalue weighted by atomic mass is 9.97. The van der Waals surface area contributed by atoms with Crippen molar-refractivity contribution < 1.29 is 9.59 Å². The summed E-state index contributed by atoms with van der Waals surface area (Å²) in [4.78, 5) is 24.7. The highest BCUT2D eigenvalue weighted by Crippen LogP contribution is 2.32. The van der Waals surface area contributed by atoms with Crippen LogP contribution in [-0.4, -0.2) is 23.9 Å². The summed E-state index contributed by atoms with van der Waals surface area (Å²) in [5, 5.41) is 6.12. The number of carbonyl (C=O) groups is 2. The fourth-order valence-corrected chi connectivity index (χ4v) is 3.38. The first-order chi connectivity index (χ1) is 13.0. The van der Waals surface area contributed by atoms with Gasteiger partial charge in [0.1, 0.15) is 0 Å². The van der Waals surface area contributed by atoms with Crippen LogP contribution in [0.3, 0.4) is 0 Å². The Labute approximate surface area is 160 Å². The van der Waals surface area contributed by atoms with E-state index < -0.39 is 0 Å². The van der Waals surface area contributed by atoms with Crippen molar-refractivity contribution in [1.82, 2.24) is 10.6 Å². The molecule has 0 spiro atoms. The normalized spacial score (nSPS) is 17.3. The van der Waals surface area contributed by atoms with Crippen LogP contribution in [0.5, 0.6) is 0 Å². The molecule has 2 fully saturated rings. The lowest BCUT2D eigenvalue weighted by Gasteiger charge is -2.13. The quantitative estimate of drug-likeness (QED) is 0.813. The number of nitrogens with one attached hydrogen (secondary N) is 2. The van der Waals surface area contributed by atoms with E-state index in [0.29, 0.717) is 23.1 Å². The van der Waals surface area contributed by atoms with E-state index in [1.165, 1.54) is 12.8 Å². The van der Waals surface area contributed by atoms with E-state index in [4.69, 9.17) is 0 Å². The molecule has 27 heavy (non-hydrogen) atoms. The molecule has 2 aliphatic rings. The van der Waals surface area contributed by atoms with Gasteiger partial charge in [-0.3, -0.25) is 9.59 Å². The highest BCUT2D eigenvalue weighted by Gasteiger charge is 2.29. The maximum atomic E-state index is 12.4. The maximum absolute atomic E-state index is 12.4. The first-order valence-corrected chi connectivity index (χ1v) is 9.84. The molecule has 0 saturated heterocycles. The topological polar surface area (TPSA) is 58.2 Å². The molecule has 4 nitrogen and oxygen atoms in total. The molecule has 2 aromatic carbocycles. The third kappa shape index (κ3) is 4.21. The largest absolute Gasteiger partial charge is 0.349 e. The second kappa shape index (κ2) is 7.18. The van der Waals surface area contributed by atoms with Gasteiger partial charge < -0.3 is 10.6 Å². The van der Waals surface area contributed by atoms with Crippen molar-refractivity contribution in [3.05, 3.63) is 59.2 Å². The summed E-state index contributed by atoms with van der Waals surface area (Å²) in [7, 11) is 0. The number of hydrogen-bond donors (Lipinski definition) is 2. The Balaban J connectivity index is 1.50. The summed E-state index contributed by atoms with van der Waals surface area (Å²) in [6.07, 6.45) is 4.58. The van der Waals surface area contributed by atoms with Crippen LogP contribution in [0.2, 0.25) is 0 Å². The second-order valence-electron chi connectivity index (χ2n) is 7.95. The number of benzene rings is 2. The number of aryl methyl sites for hydroxylation is 1. The van der Waals surface area contributed by atoms with Crippen LogP contribution < -0.4 is 10.6 Å². The molecule has 2 N–H and O–H groups in total. The van der Waals surface area contributed by atoms with Crippen LogP contribution in [0.1, 0.15) is 58.9 Å². The number of hydrogen-bond acceptors (Lipinski definition) is 2. The minimum absolute atomic E-state index is 0.0104. The van der Waals surface area contributed by atoms with E-state index in [-0.39, 0.29) is 17.9 Å². The van der Waals surface area contributed by atoms with Crippen molar-refractivity contribution in [2.75, 3.05) is 0 Å². The van der Waals surface area contributed by atoms with Gasteiger partial charge in [0.15, 0.2) is 0 Å². The third-order valence-electron chi connectivity index (χ3n) is 5.56. The summed E-state index contributed by atoms with van der Waals surface area (Å²) >= 11 is 0. The molecule has 2 amide bonds. The zero-order valence-corrected chi connectivity index (χ0v) is 15.9. The van der Waals surface area contributed by atoms with Crippen LogP contribution in [0.15, 0.2) is 42.5 Å². The first kappa shape index (κ1) is 17.8. The zero-order valence-electron chi connectivity index (χ0n) is 15.9. The fraction of sp³-hybridized carbons (Fsp3) is 0.391. The molecule has 4 rings (SSSR count). The van der Waals surface area contributed by atoms with E-state index >= 15 is 0 Å². The molecule has 1 unspecified atom stereocenters. The molecule has 0 heterocycles. The molecule has 4 heteroatoms. The van der Waals surface area contributed by atoms with Gasteiger partial charge in [-0.2, -0.15) is 0 Å². The van der Waals surface area contributed by atoms with Crippen molar-refractivity contribution in [3.63, 3.8) is 0 Å². The number of carbonyl (C=O) groups excluding carboxylic acids is 2. The molecule has 2 saturated carbocycles. The Bertz CT molecular complexity index is 864. The predicted molar refractivity (Wildman–Crippen MR) is 107 cm³/mol. The van der Waals surface area contributed by atoms with Gasteiger partial charge in [0, 0.05) is 23.2 Å². The molecule has 140 valence electrons. The van der Waals surface area contributed by atoms with Crippen molar-refractivity contribution in [3.8, 4) is 11.1 Å². The van der Waals surface area contributed by atoms with Crippen LogP contribution in [0.4, 0.5) is 0 Å². The van der Waals surface area contributed by atoms with Gasteiger partial charge in [0.05, 0.1) is 0 Å². The molecule has 0 aromatic heterocycles. The zero-order chi connectivity index (χ0) is 19.0. The van der Waals surface area contributed by atoms with E-state index in [9.17, 15) is 9.59 Å². The van der Waals surface area contributed by atoms with Gasteiger partial charge in [0.2, 0.25) is 0 Å². The monoisotopic (exact) mass is 362 g/mol. The summed E-state index contributed by atoms with van der Waals surface area (Å²) in [6.45, 7) is 4.11. The average Bonchev–Trinajstić information content (AvgIpc) is 3.55. The summed E-state index contributed by atoms with van der Waals surface area (Å²) in [6, 6.07) is 14.0. The van der Waals surface area contributed by atoms with Crippen LogP contribution in [-0.2, 0) is 0 Å². The number of amides is 2. The van der Waals surface area contributed by atoms with Crippen molar-refractivity contribution in [2.45, 2.75) is 51.6 Å². The lowest BCUT2D eigenvalue weighted by Crippen LogP contribution is -2.33. The molecular weight excluding hydrogens is 336 g/mol. The van der Waals surface area contributed by atoms with E-state index in [0.717, 1.165) is 29.5 Å². The predicted octanol–water partition coefficient (Wildman–Crippen LogP) is 4.08. The minimum Gasteiger partial charge on any atom is -0.349 e. The molecule has 0 aliphatic heterocycles. The van der Waals surface area contributed by atoms with Gasteiger partial charge in [0.25, 0.3) is 11.8 Å². The van der Waals surface area contributed by atoms with E-state index in [2.05, 4.69) is 17.6 Å². The molecule has 2 aromatic rings. The lowest BCUT2D eigenvalue weighted by molar-refractivity contribution is 0.0932. The van der Waals surface area contributed by atoms with Gasteiger partial charge >= 0.3 is 0 Å². The molecular formula is C23H26N2O2. The summed E-state index contributed by atoms with van der Waals surface area (Å²) in [5.74, 6) is 0.611. The smallest absolute Gasteiger partial charge is 0.251 e. The van der Waals surface area contributed by atoms with Crippen molar-refractivity contribution in [1.29, 1.82) is 0 Å². The van der Waals surface area contributed by atoms with Gasteiger partial charge in [-0.1, -0.05) is 18.2 Å². The molecule has 1 atom stereocenters. The minimum atomic E-state index is -0.0183. The van der Waals surface area contributed by atoms with Gasteiger partial charge in [-0.25, -0.2) is 0 Å². The SMILES string of the molecule is Cc1ccc(C(=O)NC2CC2)cc1-c1ccc(C(=O)NC(C)C2CC2)cc1. The standard InChI is InChI=1S/C23H26N2O2/c1-14-3-4-19(23(27)25-20-11-12-20)13-21(14)17-7-9-18(10-8-17)22(26)24-15(2)16-5-6-16/h3-4,7-10,13,15-16,20H,5-6,11-12H2,1-2H3,(H,24,26)(H,25,27). The van der Waals surface area contributed by atoms with Crippen LogP contribution in [0.25, 0.3) is 11.1 Å². The third-order valence-corrected chi connectivity index (χ3v) is 5.56. The Kier molecular flexibility index (Phi) is 4.73. The maximum Gasteiger partial charge on any atom is 0.251 e. The Morgan fingerprint density at radius 1 is 0.926 bits per heavy atom. The Hall–Kier alpha value is -2.62. The molecule has 2 aliphatic carbocycles. The highest BCUT2D eigenvalue weighted by atomic mass is 16.2. The molecule has 0 radical (unpaired) electrons. The first-order valence-electron chi connectivity index (χ1n) is 9.84.